The Bertz CT molecular complexity index is 785. The topological polar surface area (TPSA) is 162 Å². The van der Waals surface area contributed by atoms with Crippen molar-refractivity contribution in [2.45, 2.75) is 0 Å². The molecule has 0 spiro atoms. The van der Waals surface area contributed by atoms with Crippen LogP contribution in [0.25, 0.3) is 0 Å². The molecule has 0 saturated heterocycles. The molecule has 11 nitrogen and oxygen atoms in total. The average molecular weight is 333 g/mol. The molecule has 3 aromatic rings. The van der Waals surface area contributed by atoms with E-state index in [9.17, 15) is 14.9 Å². The van der Waals surface area contributed by atoms with Gasteiger partial charge < -0.3 is 19.9 Å². The minimum Gasteiger partial charge on any atom is -0.464 e. The number of amides is 1. The molecule has 0 fully saturated rings. The van der Waals surface area contributed by atoms with E-state index >= 15 is 0 Å². The Kier molecular flexibility index (Phi) is 5.08. The highest BCUT2D eigenvalue weighted by molar-refractivity contribution is 5.93. The summed E-state index contributed by atoms with van der Waals surface area (Å²) in [6, 6.07) is 8.02. The molecule has 0 radical (unpaired) electrons. The van der Waals surface area contributed by atoms with E-state index in [4.69, 9.17) is 10.8 Å². The highest BCUT2D eigenvalue weighted by Crippen LogP contribution is 2.25. The Hall–Kier alpha value is -3.89. The second-order valence-electron chi connectivity index (χ2n) is 4.17. The standard InChI is InChI=1S/C10H7N3O5.C3H4N2O/c14-10(15)12(9-5-6-18-11-9)7-1-3-8(4-2-7)13(16)17;4-3-1-2-6-5-3/h1-6H,(H,14,15);1-2H,(H2,4,5). The van der Waals surface area contributed by atoms with Gasteiger partial charge in [0, 0.05) is 24.3 Å². The van der Waals surface area contributed by atoms with Gasteiger partial charge in [0.25, 0.3) is 5.69 Å². The second kappa shape index (κ2) is 7.40. The van der Waals surface area contributed by atoms with Crippen LogP contribution in [0.2, 0.25) is 0 Å². The summed E-state index contributed by atoms with van der Waals surface area (Å²) in [5.74, 6) is 0.506. The molecule has 3 N–H and O–H groups in total. The summed E-state index contributed by atoms with van der Waals surface area (Å²) in [4.78, 5) is 21.9. The molecule has 1 aromatic carbocycles. The van der Waals surface area contributed by atoms with Gasteiger partial charge in [-0.25, -0.2) is 9.69 Å². The molecule has 0 saturated carbocycles. The van der Waals surface area contributed by atoms with Crippen molar-refractivity contribution in [2.75, 3.05) is 10.6 Å². The zero-order chi connectivity index (χ0) is 17.5. The van der Waals surface area contributed by atoms with Crippen LogP contribution in [0, 0.1) is 10.1 Å². The van der Waals surface area contributed by atoms with Gasteiger partial charge in [-0.15, -0.1) is 0 Å². The first kappa shape index (κ1) is 16.5. The SMILES string of the molecule is Nc1ccon1.O=C(O)N(c1ccc([N+](=O)[O-])cc1)c1ccon1. The number of nitro benzene ring substituents is 1. The molecular formula is C13H11N5O6. The highest BCUT2D eigenvalue weighted by atomic mass is 16.6. The number of rotatable bonds is 3. The number of carboxylic acid groups (broad SMARTS) is 1. The molecule has 0 aliphatic heterocycles. The Morgan fingerprint density at radius 1 is 1.12 bits per heavy atom. The van der Waals surface area contributed by atoms with Gasteiger partial charge in [-0.2, -0.15) is 0 Å². The summed E-state index contributed by atoms with van der Waals surface area (Å²) < 4.78 is 8.90. The van der Waals surface area contributed by atoms with Crippen LogP contribution in [-0.2, 0) is 0 Å². The summed E-state index contributed by atoms with van der Waals surface area (Å²) in [7, 11) is 0. The fourth-order valence-electron chi connectivity index (χ4n) is 1.61. The van der Waals surface area contributed by atoms with Gasteiger partial charge in [0.2, 0.25) is 0 Å². The molecule has 1 amide bonds. The normalized spacial score (nSPS) is 9.67. The molecular weight excluding hydrogens is 322 g/mol. The number of anilines is 3. The van der Waals surface area contributed by atoms with E-state index in [0.717, 1.165) is 4.90 Å². The fourth-order valence-corrected chi connectivity index (χ4v) is 1.61. The van der Waals surface area contributed by atoms with Crippen molar-refractivity contribution >= 4 is 29.1 Å². The second-order valence-corrected chi connectivity index (χ2v) is 4.17. The molecule has 2 aromatic heterocycles. The first-order valence-electron chi connectivity index (χ1n) is 6.33. The average Bonchev–Trinajstić information content (AvgIpc) is 3.22. The smallest absolute Gasteiger partial charge is 0.417 e. The minimum absolute atomic E-state index is 0.0800. The number of hydrogen-bond acceptors (Lipinski definition) is 8. The molecule has 3 rings (SSSR count). The van der Waals surface area contributed by atoms with Gasteiger partial charge in [0.1, 0.15) is 12.5 Å². The summed E-state index contributed by atoms with van der Waals surface area (Å²) >= 11 is 0. The summed E-state index contributed by atoms with van der Waals surface area (Å²) in [5.41, 5.74) is 5.19. The van der Waals surface area contributed by atoms with E-state index in [-0.39, 0.29) is 17.2 Å². The number of hydrogen-bond donors (Lipinski definition) is 2. The molecule has 2 heterocycles. The molecule has 0 aliphatic carbocycles. The zero-order valence-corrected chi connectivity index (χ0v) is 12.0. The van der Waals surface area contributed by atoms with Gasteiger partial charge >= 0.3 is 6.09 Å². The number of nitrogens with zero attached hydrogens (tertiary/aromatic N) is 4. The number of benzene rings is 1. The van der Waals surface area contributed by atoms with Crippen molar-refractivity contribution in [2.24, 2.45) is 0 Å². The predicted octanol–water partition coefficient (Wildman–Crippen LogP) is 2.66. The monoisotopic (exact) mass is 333 g/mol. The van der Waals surface area contributed by atoms with Gasteiger partial charge in [-0.3, -0.25) is 10.1 Å². The van der Waals surface area contributed by atoms with Crippen molar-refractivity contribution in [1.82, 2.24) is 10.3 Å². The Morgan fingerprint density at radius 2 is 1.75 bits per heavy atom. The van der Waals surface area contributed by atoms with Crippen LogP contribution < -0.4 is 10.6 Å². The maximum atomic E-state index is 11.1. The summed E-state index contributed by atoms with van der Waals surface area (Å²) in [6.07, 6.45) is 1.39. The van der Waals surface area contributed by atoms with E-state index in [1.807, 2.05) is 0 Å². The third-order valence-corrected chi connectivity index (χ3v) is 2.62. The van der Waals surface area contributed by atoms with Crippen LogP contribution in [0.3, 0.4) is 0 Å². The molecule has 0 atom stereocenters. The van der Waals surface area contributed by atoms with Crippen LogP contribution in [0.1, 0.15) is 0 Å². The quantitative estimate of drug-likeness (QED) is 0.541. The zero-order valence-electron chi connectivity index (χ0n) is 12.0. The number of nitrogen functional groups attached to an aromatic ring is 1. The number of non-ortho nitro benzene ring substituents is 1. The number of nitrogens with two attached hydrogens (primary N) is 1. The predicted molar refractivity (Wildman–Crippen MR) is 80.7 cm³/mol. The lowest BCUT2D eigenvalue weighted by atomic mass is 10.2. The van der Waals surface area contributed by atoms with E-state index in [1.165, 1.54) is 42.9 Å². The van der Waals surface area contributed by atoms with Gasteiger partial charge in [0.15, 0.2) is 11.6 Å². The van der Waals surface area contributed by atoms with Crippen molar-refractivity contribution in [3.05, 3.63) is 59.0 Å². The fraction of sp³-hybridized carbons (Fsp3) is 0. The van der Waals surface area contributed by atoms with Crippen LogP contribution >= 0.6 is 0 Å². The Morgan fingerprint density at radius 3 is 2.12 bits per heavy atom. The summed E-state index contributed by atoms with van der Waals surface area (Å²) in [5, 5.41) is 26.4. The van der Waals surface area contributed by atoms with E-state index < -0.39 is 11.0 Å². The van der Waals surface area contributed by atoms with Crippen molar-refractivity contribution in [3.63, 3.8) is 0 Å². The number of nitro groups is 1. The maximum absolute atomic E-state index is 11.1. The maximum Gasteiger partial charge on any atom is 0.417 e. The largest absolute Gasteiger partial charge is 0.464 e. The first-order valence-corrected chi connectivity index (χ1v) is 6.33. The van der Waals surface area contributed by atoms with Crippen LogP contribution in [0.5, 0.6) is 0 Å². The minimum atomic E-state index is -1.27. The molecule has 24 heavy (non-hydrogen) atoms. The lowest BCUT2D eigenvalue weighted by Crippen LogP contribution is -2.23. The van der Waals surface area contributed by atoms with E-state index in [2.05, 4.69) is 19.4 Å². The summed E-state index contributed by atoms with van der Waals surface area (Å²) in [6.45, 7) is 0. The third kappa shape index (κ3) is 4.07. The van der Waals surface area contributed by atoms with Crippen molar-refractivity contribution in [3.8, 4) is 0 Å². The molecule has 0 unspecified atom stereocenters. The van der Waals surface area contributed by atoms with Crippen LogP contribution in [-0.4, -0.2) is 26.4 Å². The molecule has 0 bridgehead atoms. The van der Waals surface area contributed by atoms with Crippen molar-refractivity contribution < 1.29 is 23.9 Å². The lowest BCUT2D eigenvalue weighted by molar-refractivity contribution is -0.384. The highest BCUT2D eigenvalue weighted by Gasteiger charge is 2.20. The Labute approximate surface area is 134 Å². The Balaban J connectivity index is 0.000000292. The molecule has 124 valence electrons. The van der Waals surface area contributed by atoms with E-state index in [1.54, 1.807) is 6.07 Å². The number of aromatic nitrogens is 2. The number of carbonyl (C=O) groups is 1. The van der Waals surface area contributed by atoms with Crippen molar-refractivity contribution in [1.29, 1.82) is 0 Å². The first-order chi connectivity index (χ1) is 11.5. The molecule has 0 aliphatic rings. The lowest BCUT2D eigenvalue weighted by Gasteiger charge is -2.15. The molecule has 11 heteroatoms. The van der Waals surface area contributed by atoms with Gasteiger partial charge in [0.05, 0.1) is 10.6 Å². The van der Waals surface area contributed by atoms with E-state index in [0.29, 0.717) is 5.82 Å². The van der Waals surface area contributed by atoms with Crippen LogP contribution in [0.15, 0.2) is 58.0 Å². The van der Waals surface area contributed by atoms with Crippen LogP contribution in [0.4, 0.5) is 27.8 Å². The van der Waals surface area contributed by atoms with Gasteiger partial charge in [-0.1, -0.05) is 10.3 Å². The van der Waals surface area contributed by atoms with Gasteiger partial charge in [-0.05, 0) is 12.1 Å². The third-order valence-electron chi connectivity index (χ3n) is 2.62.